The highest BCUT2D eigenvalue weighted by atomic mass is 79.9. The fraction of sp³-hybridized carbons (Fsp3) is 0.688. The number of hydrogen-bond acceptors (Lipinski definition) is 3. The van der Waals surface area contributed by atoms with Crippen LogP contribution in [0.4, 0.5) is 5.82 Å². The minimum absolute atomic E-state index is 0.199. The molecule has 3 nitrogen and oxygen atoms in total. The molecule has 1 aromatic heterocycles. The second kappa shape index (κ2) is 6.44. The van der Waals surface area contributed by atoms with Crippen LogP contribution < -0.4 is 10.2 Å². The summed E-state index contributed by atoms with van der Waals surface area (Å²) in [4.78, 5) is 7.02. The van der Waals surface area contributed by atoms with Crippen LogP contribution in [-0.2, 0) is 0 Å². The highest BCUT2D eigenvalue weighted by molar-refractivity contribution is 9.10. The Morgan fingerprint density at radius 1 is 1.45 bits per heavy atom. The summed E-state index contributed by atoms with van der Waals surface area (Å²) in [5, 5.41) is 3.63. The Morgan fingerprint density at radius 2 is 2.20 bits per heavy atom. The summed E-state index contributed by atoms with van der Waals surface area (Å²) >= 11 is 3.65. The van der Waals surface area contributed by atoms with Gasteiger partial charge in [0.05, 0.1) is 4.47 Å². The number of nitrogens with one attached hydrogen (secondary N) is 1. The number of rotatable bonds is 3. The van der Waals surface area contributed by atoms with E-state index >= 15 is 0 Å². The Morgan fingerprint density at radius 3 is 2.85 bits per heavy atom. The van der Waals surface area contributed by atoms with Crippen LogP contribution in [0.2, 0.25) is 0 Å². The van der Waals surface area contributed by atoms with Crippen molar-refractivity contribution >= 4 is 21.7 Å². The number of halogens is 1. The SMILES string of the molecule is Cc1cnc(N2CCCC(CNC(C)(C)C)C2)c(Br)c1. The Hall–Kier alpha value is -0.610. The third-order valence-corrected chi connectivity index (χ3v) is 4.28. The molecule has 0 amide bonds. The second-order valence-corrected chi connectivity index (χ2v) is 7.76. The quantitative estimate of drug-likeness (QED) is 0.908. The van der Waals surface area contributed by atoms with Crippen molar-refractivity contribution in [3.8, 4) is 0 Å². The fourth-order valence-corrected chi connectivity index (χ4v) is 3.35. The number of aryl methyl sites for hydroxylation is 1. The average Bonchev–Trinajstić information content (AvgIpc) is 2.36. The predicted octanol–water partition coefficient (Wildman–Crippen LogP) is 3.76. The van der Waals surface area contributed by atoms with Crippen molar-refractivity contribution in [1.82, 2.24) is 10.3 Å². The van der Waals surface area contributed by atoms with Gasteiger partial charge in [0.15, 0.2) is 0 Å². The number of hydrogen-bond donors (Lipinski definition) is 1. The van der Waals surface area contributed by atoms with E-state index in [1.807, 2.05) is 6.20 Å². The zero-order valence-electron chi connectivity index (χ0n) is 13.0. The molecule has 0 aromatic carbocycles. The predicted molar refractivity (Wildman–Crippen MR) is 89.4 cm³/mol. The van der Waals surface area contributed by atoms with E-state index in [1.165, 1.54) is 18.4 Å². The Kier molecular flexibility index (Phi) is 5.08. The molecular formula is C16H26BrN3. The van der Waals surface area contributed by atoms with Crippen LogP contribution in [0.1, 0.15) is 39.2 Å². The molecule has 2 rings (SSSR count). The van der Waals surface area contributed by atoms with Crippen LogP contribution in [0.25, 0.3) is 0 Å². The van der Waals surface area contributed by atoms with Gasteiger partial charge in [-0.3, -0.25) is 0 Å². The lowest BCUT2D eigenvalue weighted by atomic mass is 9.96. The molecule has 1 saturated heterocycles. The first kappa shape index (κ1) is 15.8. The minimum Gasteiger partial charge on any atom is -0.355 e. The molecule has 1 aromatic rings. The largest absolute Gasteiger partial charge is 0.355 e. The van der Waals surface area contributed by atoms with Crippen molar-refractivity contribution in [2.45, 2.75) is 46.1 Å². The van der Waals surface area contributed by atoms with Crippen molar-refractivity contribution in [1.29, 1.82) is 0 Å². The zero-order chi connectivity index (χ0) is 14.8. The van der Waals surface area contributed by atoms with Crippen molar-refractivity contribution < 1.29 is 0 Å². The number of piperidine rings is 1. The monoisotopic (exact) mass is 339 g/mol. The highest BCUT2D eigenvalue weighted by Gasteiger charge is 2.23. The minimum atomic E-state index is 0.199. The standard InChI is InChI=1S/C16H26BrN3/c1-12-8-14(17)15(18-9-12)20-7-5-6-13(11-20)10-19-16(2,3)4/h8-9,13,19H,5-7,10-11H2,1-4H3. The second-order valence-electron chi connectivity index (χ2n) is 6.90. The van der Waals surface area contributed by atoms with Gasteiger partial charge in [-0.15, -0.1) is 0 Å². The lowest BCUT2D eigenvalue weighted by molar-refractivity contribution is 0.334. The molecule has 0 saturated carbocycles. The molecule has 1 fully saturated rings. The van der Waals surface area contributed by atoms with Gasteiger partial charge in [-0.2, -0.15) is 0 Å². The van der Waals surface area contributed by atoms with E-state index in [2.05, 4.69) is 64.9 Å². The normalized spacial score (nSPS) is 20.2. The fourth-order valence-electron chi connectivity index (χ4n) is 2.63. The van der Waals surface area contributed by atoms with Gasteiger partial charge >= 0.3 is 0 Å². The maximum absolute atomic E-state index is 4.60. The Balaban J connectivity index is 1.99. The van der Waals surface area contributed by atoms with E-state index in [0.717, 1.165) is 29.9 Å². The number of anilines is 1. The third kappa shape index (κ3) is 4.45. The van der Waals surface area contributed by atoms with E-state index in [9.17, 15) is 0 Å². The first-order valence-electron chi connectivity index (χ1n) is 7.47. The lowest BCUT2D eigenvalue weighted by Gasteiger charge is -2.35. The van der Waals surface area contributed by atoms with E-state index in [1.54, 1.807) is 0 Å². The van der Waals surface area contributed by atoms with Gasteiger partial charge in [0.25, 0.3) is 0 Å². The molecule has 0 radical (unpaired) electrons. The number of pyridine rings is 1. The van der Waals surface area contributed by atoms with Gasteiger partial charge in [-0.1, -0.05) is 0 Å². The van der Waals surface area contributed by atoms with E-state index in [4.69, 9.17) is 0 Å². The van der Waals surface area contributed by atoms with Crippen molar-refractivity contribution in [3.63, 3.8) is 0 Å². The summed E-state index contributed by atoms with van der Waals surface area (Å²) in [5.41, 5.74) is 1.40. The van der Waals surface area contributed by atoms with E-state index < -0.39 is 0 Å². The molecule has 1 unspecified atom stereocenters. The van der Waals surface area contributed by atoms with Gasteiger partial charge in [-0.05, 0) is 74.0 Å². The summed E-state index contributed by atoms with van der Waals surface area (Å²) in [6, 6.07) is 2.15. The first-order valence-corrected chi connectivity index (χ1v) is 8.26. The maximum Gasteiger partial charge on any atom is 0.142 e. The molecular weight excluding hydrogens is 314 g/mol. The smallest absolute Gasteiger partial charge is 0.142 e. The van der Waals surface area contributed by atoms with Crippen LogP contribution in [-0.4, -0.2) is 30.2 Å². The molecule has 1 atom stereocenters. The molecule has 1 aliphatic heterocycles. The van der Waals surface area contributed by atoms with Crippen LogP contribution in [0, 0.1) is 12.8 Å². The third-order valence-electron chi connectivity index (χ3n) is 3.70. The van der Waals surface area contributed by atoms with Gasteiger partial charge in [0.2, 0.25) is 0 Å². The summed E-state index contributed by atoms with van der Waals surface area (Å²) in [6.07, 6.45) is 4.51. The molecule has 0 spiro atoms. The zero-order valence-corrected chi connectivity index (χ0v) is 14.6. The molecule has 2 heterocycles. The highest BCUT2D eigenvalue weighted by Crippen LogP contribution is 2.28. The molecule has 0 aliphatic carbocycles. The molecule has 0 bridgehead atoms. The van der Waals surface area contributed by atoms with Crippen LogP contribution in [0.15, 0.2) is 16.7 Å². The van der Waals surface area contributed by atoms with Crippen molar-refractivity contribution in [3.05, 3.63) is 22.3 Å². The molecule has 1 aliphatic rings. The molecule has 112 valence electrons. The van der Waals surface area contributed by atoms with Crippen LogP contribution in [0.3, 0.4) is 0 Å². The van der Waals surface area contributed by atoms with Crippen molar-refractivity contribution in [2.24, 2.45) is 5.92 Å². The molecule has 1 N–H and O–H groups in total. The maximum atomic E-state index is 4.60. The van der Waals surface area contributed by atoms with Gasteiger partial charge in [0.1, 0.15) is 5.82 Å². The van der Waals surface area contributed by atoms with E-state index in [0.29, 0.717) is 5.92 Å². The molecule has 4 heteroatoms. The van der Waals surface area contributed by atoms with Gasteiger partial charge in [-0.25, -0.2) is 4.98 Å². The summed E-state index contributed by atoms with van der Waals surface area (Å²) < 4.78 is 1.11. The van der Waals surface area contributed by atoms with E-state index in [-0.39, 0.29) is 5.54 Å². The van der Waals surface area contributed by atoms with Crippen LogP contribution >= 0.6 is 15.9 Å². The molecule has 20 heavy (non-hydrogen) atoms. The average molecular weight is 340 g/mol. The first-order chi connectivity index (χ1) is 9.35. The summed E-state index contributed by atoms with van der Waals surface area (Å²) in [6.45, 7) is 12.1. The number of aromatic nitrogens is 1. The lowest BCUT2D eigenvalue weighted by Crippen LogP contribution is -2.45. The topological polar surface area (TPSA) is 28.2 Å². The number of nitrogens with zero attached hydrogens (tertiary/aromatic N) is 2. The summed E-state index contributed by atoms with van der Waals surface area (Å²) in [7, 11) is 0. The Bertz CT molecular complexity index is 454. The van der Waals surface area contributed by atoms with Crippen molar-refractivity contribution in [2.75, 3.05) is 24.5 Å². The van der Waals surface area contributed by atoms with Gasteiger partial charge < -0.3 is 10.2 Å². The Labute approximate surface area is 131 Å². The summed E-state index contributed by atoms with van der Waals surface area (Å²) in [5.74, 6) is 1.80. The van der Waals surface area contributed by atoms with Crippen LogP contribution in [0.5, 0.6) is 0 Å². The van der Waals surface area contributed by atoms with Gasteiger partial charge in [0, 0.05) is 31.4 Å².